The van der Waals surface area contributed by atoms with E-state index in [0.29, 0.717) is 33.1 Å². The largest absolute Gasteiger partial charge is 0.489 e. The van der Waals surface area contributed by atoms with E-state index in [9.17, 15) is 9.59 Å². The van der Waals surface area contributed by atoms with Crippen LogP contribution < -0.4 is 19.6 Å². The number of aryl methyl sites for hydroxylation is 1. The molecule has 6 nitrogen and oxygen atoms in total. The Kier molecular flexibility index (Phi) is 8.36. The second-order valence-corrected chi connectivity index (χ2v) is 11.5. The zero-order valence-electron chi connectivity index (χ0n) is 24.0. The molecule has 2 heterocycles. The van der Waals surface area contributed by atoms with Crippen LogP contribution in [0.5, 0.6) is 5.75 Å². The molecular weight excluding hydrogens is 532 g/mol. The second-order valence-electron chi connectivity index (χ2n) is 10.5. The minimum absolute atomic E-state index is 0.194. The summed E-state index contributed by atoms with van der Waals surface area (Å²) in [6.07, 6.45) is 1.86. The maximum atomic E-state index is 13.8. The first kappa shape index (κ1) is 28.3. The van der Waals surface area contributed by atoms with Gasteiger partial charge in [-0.15, -0.1) is 0 Å². The third-order valence-corrected chi connectivity index (χ3v) is 8.12. The van der Waals surface area contributed by atoms with Gasteiger partial charge in [-0.1, -0.05) is 91.4 Å². The lowest BCUT2D eigenvalue weighted by Crippen LogP contribution is -2.39. The van der Waals surface area contributed by atoms with E-state index in [0.717, 1.165) is 22.4 Å². The third kappa shape index (κ3) is 6.10. The summed E-state index contributed by atoms with van der Waals surface area (Å²) in [5, 5.41) is 0. The number of allylic oxidation sites excluding steroid dienone is 1. The molecule has 7 heteroatoms. The van der Waals surface area contributed by atoms with Gasteiger partial charge >= 0.3 is 5.97 Å². The molecule has 210 valence electrons. The van der Waals surface area contributed by atoms with Crippen LogP contribution in [0.25, 0.3) is 6.08 Å². The molecule has 5 rings (SSSR count). The van der Waals surface area contributed by atoms with Crippen LogP contribution in [0.15, 0.2) is 93.9 Å². The molecule has 1 aromatic heterocycles. The van der Waals surface area contributed by atoms with Gasteiger partial charge in [0.05, 0.1) is 28.5 Å². The van der Waals surface area contributed by atoms with Crippen molar-refractivity contribution in [2.75, 3.05) is 6.61 Å². The Morgan fingerprint density at radius 1 is 1.00 bits per heavy atom. The van der Waals surface area contributed by atoms with E-state index in [2.05, 4.69) is 62.2 Å². The van der Waals surface area contributed by atoms with E-state index in [-0.39, 0.29) is 12.2 Å². The first-order valence-corrected chi connectivity index (χ1v) is 14.6. The van der Waals surface area contributed by atoms with Gasteiger partial charge in [-0.05, 0) is 67.2 Å². The lowest BCUT2D eigenvalue weighted by atomic mass is 9.93. The van der Waals surface area contributed by atoms with Crippen molar-refractivity contribution in [1.29, 1.82) is 0 Å². The molecule has 41 heavy (non-hydrogen) atoms. The molecule has 0 fully saturated rings. The molecule has 0 N–H and O–H groups in total. The first-order chi connectivity index (χ1) is 19.7. The Balaban J connectivity index is 1.49. The van der Waals surface area contributed by atoms with Crippen LogP contribution in [0.4, 0.5) is 0 Å². The normalized spacial score (nSPS) is 15.1. The summed E-state index contributed by atoms with van der Waals surface area (Å²) >= 11 is 1.32. The molecule has 0 saturated carbocycles. The number of fused-ring (bicyclic) bond motifs is 1. The van der Waals surface area contributed by atoms with Crippen LogP contribution in [-0.4, -0.2) is 17.1 Å². The number of thiazole rings is 1. The number of benzene rings is 3. The lowest BCUT2D eigenvalue weighted by molar-refractivity contribution is -0.139. The molecule has 4 aromatic rings. The number of nitrogens with zero attached hydrogens (tertiary/aromatic N) is 2. The van der Waals surface area contributed by atoms with Crippen molar-refractivity contribution >= 4 is 23.4 Å². The van der Waals surface area contributed by atoms with Crippen molar-refractivity contribution in [2.45, 2.75) is 53.2 Å². The molecule has 1 aliphatic rings. The van der Waals surface area contributed by atoms with Gasteiger partial charge < -0.3 is 9.47 Å². The minimum atomic E-state index is -0.619. The SMILES string of the molecule is CCOC(=O)C1=C(C)N=c2sc(=Cc3ccc(OCc4ccc(C)cc4)cc3)c(=O)n2C1c1ccc(C(C)C)cc1. The van der Waals surface area contributed by atoms with Gasteiger partial charge in [0.25, 0.3) is 5.56 Å². The van der Waals surface area contributed by atoms with Crippen molar-refractivity contribution in [2.24, 2.45) is 4.99 Å². The number of ether oxygens (including phenoxy) is 2. The molecule has 0 aliphatic carbocycles. The van der Waals surface area contributed by atoms with Gasteiger partial charge in [0, 0.05) is 0 Å². The standard InChI is InChI=1S/C34H34N2O4S/c1-6-39-33(38)30-23(5)35-34-36(31(30)27-15-13-26(14-16-27)21(2)3)32(37)29(41-34)19-24-11-17-28(18-12-24)40-20-25-9-7-22(4)8-10-25/h7-19,21,31H,6,20H2,1-5H3. The molecule has 3 aromatic carbocycles. The second kappa shape index (κ2) is 12.1. The van der Waals surface area contributed by atoms with E-state index >= 15 is 0 Å². The fourth-order valence-corrected chi connectivity index (χ4v) is 5.88. The quantitative estimate of drug-likeness (QED) is 0.253. The summed E-state index contributed by atoms with van der Waals surface area (Å²) < 4.78 is 13.5. The fraction of sp³-hybridized carbons (Fsp3) is 0.265. The predicted octanol–water partition coefficient (Wildman–Crippen LogP) is 5.81. The molecule has 0 spiro atoms. The van der Waals surface area contributed by atoms with Crippen LogP contribution in [0.1, 0.15) is 67.5 Å². The van der Waals surface area contributed by atoms with Gasteiger partial charge in [-0.2, -0.15) is 0 Å². The highest BCUT2D eigenvalue weighted by molar-refractivity contribution is 7.07. The third-order valence-electron chi connectivity index (χ3n) is 7.14. The maximum Gasteiger partial charge on any atom is 0.338 e. The van der Waals surface area contributed by atoms with Crippen molar-refractivity contribution in [1.82, 2.24) is 4.57 Å². The summed E-state index contributed by atoms with van der Waals surface area (Å²) in [6, 6.07) is 23.4. The van der Waals surface area contributed by atoms with Crippen LogP contribution in [0.2, 0.25) is 0 Å². The van der Waals surface area contributed by atoms with Crippen LogP contribution in [-0.2, 0) is 16.1 Å². The van der Waals surface area contributed by atoms with Crippen LogP contribution in [0.3, 0.4) is 0 Å². The van der Waals surface area contributed by atoms with E-state index in [4.69, 9.17) is 9.47 Å². The fourth-order valence-electron chi connectivity index (χ4n) is 4.83. The summed E-state index contributed by atoms with van der Waals surface area (Å²) in [7, 11) is 0. The number of esters is 1. The van der Waals surface area contributed by atoms with Gasteiger partial charge in [0.2, 0.25) is 0 Å². The van der Waals surface area contributed by atoms with Gasteiger partial charge in [0.15, 0.2) is 4.80 Å². The number of carbonyl (C=O) groups is 1. The predicted molar refractivity (Wildman–Crippen MR) is 163 cm³/mol. The number of rotatable bonds is 8. The van der Waals surface area contributed by atoms with E-state index < -0.39 is 12.0 Å². The molecule has 0 saturated heterocycles. The molecule has 0 amide bonds. The average Bonchev–Trinajstić information content (AvgIpc) is 3.26. The van der Waals surface area contributed by atoms with Gasteiger partial charge in [0.1, 0.15) is 12.4 Å². The van der Waals surface area contributed by atoms with Crippen molar-refractivity contribution in [3.63, 3.8) is 0 Å². The van der Waals surface area contributed by atoms with Gasteiger partial charge in [-0.3, -0.25) is 9.36 Å². The van der Waals surface area contributed by atoms with Crippen molar-refractivity contribution < 1.29 is 14.3 Å². The number of carbonyl (C=O) groups excluding carboxylic acids is 1. The number of hydrogen-bond acceptors (Lipinski definition) is 6. The minimum Gasteiger partial charge on any atom is -0.489 e. The highest BCUT2D eigenvalue weighted by atomic mass is 32.1. The van der Waals surface area contributed by atoms with Gasteiger partial charge in [-0.25, -0.2) is 9.79 Å². The van der Waals surface area contributed by atoms with Crippen LogP contribution >= 0.6 is 11.3 Å². The highest BCUT2D eigenvalue weighted by Crippen LogP contribution is 2.31. The Morgan fingerprint density at radius 2 is 1.68 bits per heavy atom. The number of aromatic nitrogens is 1. The summed E-state index contributed by atoms with van der Waals surface area (Å²) in [5.74, 6) is 0.665. The Labute approximate surface area is 243 Å². The van der Waals surface area contributed by atoms with Crippen LogP contribution in [0, 0.1) is 6.92 Å². The first-order valence-electron chi connectivity index (χ1n) is 13.8. The summed E-state index contributed by atoms with van der Waals surface area (Å²) in [6.45, 7) is 10.6. The highest BCUT2D eigenvalue weighted by Gasteiger charge is 2.33. The maximum absolute atomic E-state index is 13.8. The van der Waals surface area contributed by atoms with E-state index in [1.165, 1.54) is 22.5 Å². The van der Waals surface area contributed by atoms with Crippen molar-refractivity contribution in [3.8, 4) is 5.75 Å². The Bertz CT molecular complexity index is 1760. The molecule has 1 aliphatic heterocycles. The Morgan fingerprint density at radius 3 is 2.32 bits per heavy atom. The Hall–Kier alpha value is -4.23. The lowest BCUT2D eigenvalue weighted by Gasteiger charge is -2.25. The summed E-state index contributed by atoms with van der Waals surface area (Å²) in [4.78, 5) is 32.2. The average molecular weight is 567 g/mol. The smallest absolute Gasteiger partial charge is 0.338 e. The zero-order valence-corrected chi connectivity index (χ0v) is 24.8. The topological polar surface area (TPSA) is 69.9 Å². The van der Waals surface area contributed by atoms with E-state index in [1.807, 2.05) is 42.5 Å². The molecule has 0 bridgehead atoms. The van der Waals surface area contributed by atoms with Crippen molar-refractivity contribution in [3.05, 3.63) is 132 Å². The summed E-state index contributed by atoms with van der Waals surface area (Å²) in [5.41, 5.74) is 5.97. The number of hydrogen-bond donors (Lipinski definition) is 0. The molecule has 1 atom stereocenters. The molecule has 0 radical (unpaired) electrons. The monoisotopic (exact) mass is 566 g/mol. The zero-order chi connectivity index (χ0) is 29.1. The van der Waals surface area contributed by atoms with E-state index in [1.54, 1.807) is 18.4 Å². The molecular formula is C34H34N2O4S. The molecule has 1 unspecified atom stereocenters.